The van der Waals surface area contributed by atoms with E-state index in [1.165, 1.54) is 30.5 Å². The fraction of sp³-hybridized carbons (Fsp3) is 0.519. The number of nitrogens with zero attached hydrogens (tertiary/aromatic N) is 4. The molecule has 1 saturated carbocycles. The van der Waals surface area contributed by atoms with Gasteiger partial charge in [-0.3, -0.25) is 10.4 Å². The Bertz CT molecular complexity index is 910. The average molecular weight is 450 g/mol. The largest absolute Gasteiger partial charge is 0.476 e. The van der Waals surface area contributed by atoms with E-state index in [0.717, 1.165) is 50.0 Å². The van der Waals surface area contributed by atoms with Crippen molar-refractivity contribution in [3.63, 3.8) is 0 Å². The number of hydrazone groups is 1. The molecule has 178 valence electrons. The molecule has 0 aliphatic heterocycles. The molecule has 2 aromatic rings. The van der Waals surface area contributed by atoms with Crippen LogP contribution in [0, 0.1) is 6.92 Å². The molecule has 6 nitrogen and oxygen atoms in total. The van der Waals surface area contributed by atoms with Crippen molar-refractivity contribution >= 4 is 23.4 Å². The Hall–Kier alpha value is -2.89. The summed E-state index contributed by atoms with van der Waals surface area (Å²) >= 11 is 0. The number of aryl methyl sites for hydroxylation is 1. The van der Waals surface area contributed by atoms with E-state index in [9.17, 15) is 0 Å². The third-order valence-electron chi connectivity index (χ3n) is 5.68. The van der Waals surface area contributed by atoms with Crippen molar-refractivity contribution in [3.05, 3.63) is 47.5 Å². The van der Waals surface area contributed by atoms with Gasteiger partial charge in [0, 0.05) is 36.6 Å². The summed E-state index contributed by atoms with van der Waals surface area (Å²) in [6.07, 6.45) is 10.2. The summed E-state index contributed by atoms with van der Waals surface area (Å²) in [5.41, 5.74) is 7.81. The van der Waals surface area contributed by atoms with E-state index >= 15 is 0 Å². The molecule has 0 bridgehead atoms. The number of aromatic nitrogens is 1. The van der Waals surface area contributed by atoms with Crippen molar-refractivity contribution < 1.29 is 4.74 Å². The van der Waals surface area contributed by atoms with Crippen LogP contribution in [0.3, 0.4) is 0 Å². The number of rotatable bonds is 12. The number of ether oxygens (including phenoxy) is 1. The molecule has 0 radical (unpaired) electrons. The molecular formula is C27H39N5O. The number of hydrogen-bond acceptors (Lipinski definition) is 6. The SMILES string of the molecule is CCCN(CCC)c1cc(N/N=C/c2cccc(C)c2)nc(OCCN=C2CCCCC2)c1. The molecule has 0 atom stereocenters. The van der Waals surface area contributed by atoms with Crippen molar-refractivity contribution in [3.8, 4) is 5.88 Å². The fourth-order valence-electron chi connectivity index (χ4n) is 4.11. The lowest BCUT2D eigenvalue weighted by molar-refractivity contribution is 0.316. The van der Waals surface area contributed by atoms with Gasteiger partial charge in [-0.25, -0.2) is 0 Å². The minimum atomic E-state index is 0.535. The van der Waals surface area contributed by atoms with Crippen molar-refractivity contribution in [2.45, 2.75) is 65.7 Å². The summed E-state index contributed by atoms with van der Waals surface area (Å²) in [7, 11) is 0. The van der Waals surface area contributed by atoms with E-state index in [0.29, 0.717) is 24.8 Å². The molecule has 1 aromatic carbocycles. The molecule has 6 heteroatoms. The van der Waals surface area contributed by atoms with Crippen LogP contribution in [0.5, 0.6) is 5.88 Å². The van der Waals surface area contributed by atoms with Gasteiger partial charge in [-0.15, -0.1) is 0 Å². The Kier molecular flexibility index (Phi) is 10.2. The maximum absolute atomic E-state index is 6.03. The fourth-order valence-corrected chi connectivity index (χ4v) is 4.11. The quantitative estimate of drug-likeness (QED) is 0.236. The first kappa shape index (κ1) is 24.7. The van der Waals surface area contributed by atoms with Crippen LogP contribution in [0.25, 0.3) is 0 Å². The highest BCUT2D eigenvalue weighted by Gasteiger charge is 2.11. The lowest BCUT2D eigenvalue weighted by atomic mass is 9.99. The van der Waals surface area contributed by atoms with Gasteiger partial charge in [0.05, 0.1) is 12.8 Å². The number of pyridine rings is 1. The first-order valence-electron chi connectivity index (χ1n) is 12.5. The van der Waals surface area contributed by atoms with Gasteiger partial charge in [0.2, 0.25) is 5.88 Å². The first-order valence-corrected chi connectivity index (χ1v) is 12.5. The zero-order valence-corrected chi connectivity index (χ0v) is 20.5. The van der Waals surface area contributed by atoms with Crippen LogP contribution < -0.4 is 15.1 Å². The Labute approximate surface area is 199 Å². The van der Waals surface area contributed by atoms with Gasteiger partial charge >= 0.3 is 0 Å². The Morgan fingerprint density at radius 3 is 2.58 bits per heavy atom. The van der Waals surface area contributed by atoms with Crippen LogP contribution in [-0.2, 0) is 0 Å². The van der Waals surface area contributed by atoms with Crippen LogP contribution in [0.2, 0.25) is 0 Å². The van der Waals surface area contributed by atoms with Crippen molar-refractivity contribution in [2.75, 3.05) is 36.6 Å². The second kappa shape index (κ2) is 13.6. The topological polar surface area (TPSA) is 62.1 Å². The molecule has 0 amide bonds. The molecule has 0 unspecified atom stereocenters. The highest BCUT2D eigenvalue weighted by molar-refractivity contribution is 5.85. The summed E-state index contributed by atoms with van der Waals surface area (Å²) in [5.74, 6) is 1.30. The van der Waals surface area contributed by atoms with E-state index in [1.54, 1.807) is 0 Å². The molecule has 1 aliphatic rings. The third-order valence-corrected chi connectivity index (χ3v) is 5.68. The highest BCUT2D eigenvalue weighted by Crippen LogP contribution is 2.25. The summed E-state index contributed by atoms with van der Waals surface area (Å²) in [4.78, 5) is 11.8. The maximum Gasteiger partial charge on any atom is 0.217 e. The van der Waals surface area contributed by atoms with E-state index in [-0.39, 0.29) is 0 Å². The molecular weight excluding hydrogens is 410 g/mol. The molecule has 3 rings (SSSR count). The smallest absolute Gasteiger partial charge is 0.217 e. The van der Waals surface area contributed by atoms with Gasteiger partial charge in [0.15, 0.2) is 5.82 Å². The maximum atomic E-state index is 6.03. The molecule has 1 aliphatic carbocycles. The predicted molar refractivity (Wildman–Crippen MR) is 140 cm³/mol. The minimum absolute atomic E-state index is 0.535. The van der Waals surface area contributed by atoms with Gasteiger partial charge in [-0.2, -0.15) is 10.1 Å². The second-order valence-corrected chi connectivity index (χ2v) is 8.68. The van der Waals surface area contributed by atoms with Crippen molar-refractivity contribution in [1.82, 2.24) is 4.98 Å². The van der Waals surface area contributed by atoms with Crippen molar-refractivity contribution in [2.24, 2.45) is 10.1 Å². The lowest BCUT2D eigenvalue weighted by Gasteiger charge is -2.24. The summed E-state index contributed by atoms with van der Waals surface area (Å²) in [6, 6.07) is 12.3. The molecule has 0 spiro atoms. The molecule has 33 heavy (non-hydrogen) atoms. The number of benzene rings is 1. The number of aliphatic imine (C=N–C) groups is 1. The molecule has 1 fully saturated rings. The van der Waals surface area contributed by atoms with E-state index in [2.05, 4.69) is 53.3 Å². The zero-order valence-electron chi connectivity index (χ0n) is 20.5. The lowest BCUT2D eigenvalue weighted by Crippen LogP contribution is -2.25. The van der Waals surface area contributed by atoms with E-state index in [1.807, 2.05) is 30.5 Å². The van der Waals surface area contributed by atoms with Crippen LogP contribution >= 0.6 is 0 Å². The minimum Gasteiger partial charge on any atom is -0.476 e. The summed E-state index contributed by atoms with van der Waals surface area (Å²) in [5, 5.41) is 4.41. The summed E-state index contributed by atoms with van der Waals surface area (Å²) < 4.78 is 6.03. The number of hydrogen-bond donors (Lipinski definition) is 1. The van der Waals surface area contributed by atoms with Gasteiger partial charge in [-0.1, -0.05) is 50.1 Å². The Morgan fingerprint density at radius 1 is 1.06 bits per heavy atom. The van der Waals surface area contributed by atoms with Crippen LogP contribution in [-0.4, -0.2) is 43.2 Å². The molecule has 1 N–H and O–H groups in total. The molecule has 1 aromatic heterocycles. The van der Waals surface area contributed by atoms with Gasteiger partial charge in [0.25, 0.3) is 0 Å². The van der Waals surface area contributed by atoms with Gasteiger partial charge in [-0.05, 0) is 51.0 Å². The predicted octanol–water partition coefficient (Wildman–Crippen LogP) is 6.25. The van der Waals surface area contributed by atoms with Crippen molar-refractivity contribution in [1.29, 1.82) is 0 Å². The number of nitrogens with one attached hydrogen (secondary N) is 1. The normalized spacial score (nSPS) is 13.8. The van der Waals surface area contributed by atoms with Crippen LogP contribution in [0.15, 0.2) is 46.5 Å². The second-order valence-electron chi connectivity index (χ2n) is 8.68. The average Bonchev–Trinajstić information content (AvgIpc) is 2.82. The van der Waals surface area contributed by atoms with Gasteiger partial charge < -0.3 is 9.64 Å². The Balaban J connectivity index is 1.70. The van der Waals surface area contributed by atoms with Crippen LogP contribution in [0.1, 0.15) is 69.9 Å². The van der Waals surface area contributed by atoms with Gasteiger partial charge in [0.1, 0.15) is 6.61 Å². The zero-order chi connectivity index (χ0) is 23.3. The number of anilines is 2. The monoisotopic (exact) mass is 449 g/mol. The standard InChI is InChI=1S/C27H39N5O/c1-4-15-32(16-5-2)25-19-26(31-29-21-23-11-9-10-22(3)18-23)30-27(20-25)33-17-14-28-24-12-7-6-8-13-24/h9-11,18-21H,4-8,12-17H2,1-3H3,(H,30,31)/b29-21+. The first-order chi connectivity index (χ1) is 16.2. The summed E-state index contributed by atoms with van der Waals surface area (Å²) in [6.45, 7) is 9.70. The highest BCUT2D eigenvalue weighted by atomic mass is 16.5. The molecule has 1 heterocycles. The van der Waals surface area contributed by atoms with E-state index in [4.69, 9.17) is 9.73 Å². The molecule has 0 saturated heterocycles. The van der Waals surface area contributed by atoms with E-state index < -0.39 is 0 Å². The Morgan fingerprint density at radius 2 is 1.85 bits per heavy atom. The third kappa shape index (κ3) is 8.52. The van der Waals surface area contributed by atoms with Crippen LogP contribution in [0.4, 0.5) is 11.5 Å².